The third kappa shape index (κ3) is 28.7. The predicted molar refractivity (Wildman–Crippen MR) is 20.5 cm³/mol. The van der Waals surface area contributed by atoms with E-state index in [1.165, 1.54) is 6.08 Å². The summed E-state index contributed by atoms with van der Waals surface area (Å²) in [6.07, 6.45) is 3.50. The molecule has 0 aromatic rings. The smallest absolute Gasteiger partial charge is 1.00 e. The van der Waals surface area contributed by atoms with E-state index in [9.17, 15) is 4.79 Å². The number of carbonyl (C=O) groups excluding carboxylic acids is 1. The van der Waals surface area contributed by atoms with E-state index in [-0.39, 0.29) is 50.7 Å². The maximum Gasteiger partial charge on any atom is 3.00 e. The van der Waals surface area contributed by atoms with Gasteiger partial charge in [-0.1, -0.05) is 0 Å². The van der Waals surface area contributed by atoms with Crippen LogP contribution in [0.1, 0.15) is 6.42 Å². The summed E-state index contributed by atoms with van der Waals surface area (Å²) in [4.78, 5) is 9.21. The molecule has 0 spiro atoms. The molecule has 0 saturated heterocycles. The molecule has 0 aliphatic carbocycles. The third-order valence-electron chi connectivity index (χ3n) is 0.228. The van der Waals surface area contributed by atoms with Crippen molar-refractivity contribution < 1.29 is 55.5 Å². The fourth-order valence-corrected chi connectivity index (χ4v) is 0.0589. The van der Waals surface area contributed by atoms with Crippen LogP contribution >= 0.6 is 0 Å². The van der Waals surface area contributed by atoms with Gasteiger partial charge in [-0.2, -0.15) is 0 Å². The van der Waals surface area contributed by atoms with Gasteiger partial charge < -0.3 is 38.8 Å². The Morgan fingerprint density at radius 1 is 1.50 bits per heavy atom. The summed E-state index contributed by atoms with van der Waals surface area (Å²) in [6, 6.07) is 0. The van der Waals surface area contributed by atoms with E-state index in [1.54, 1.807) is 6.29 Å². The molecule has 0 aliphatic rings. The van der Waals surface area contributed by atoms with Crippen LogP contribution in [-0.2, 0) is 21.6 Å². The molecule has 8 heavy (non-hydrogen) atoms. The first-order chi connectivity index (χ1) is 2.41. The summed E-state index contributed by atoms with van der Waals surface area (Å²) in [5, 5.41) is 0. The van der Waals surface area contributed by atoms with E-state index in [2.05, 4.69) is 6.58 Å². The van der Waals surface area contributed by atoms with Gasteiger partial charge in [0, 0.05) is 0 Å². The molecule has 0 aromatic carbocycles. The van der Waals surface area contributed by atoms with Gasteiger partial charge in [0.15, 0.2) is 0 Å². The Morgan fingerprint density at radius 2 is 1.88 bits per heavy atom. The summed E-state index contributed by atoms with van der Waals surface area (Å²) in [5.41, 5.74) is 0. The van der Waals surface area contributed by atoms with Gasteiger partial charge in [0.1, 0.15) is 0 Å². The van der Waals surface area contributed by atoms with Gasteiger partial charge in [-0.3, -0.25) is 6.29 Å². The second-order valence-electron chi connectivity index (χ2n) is 0.637. The van der Waals surface area contributed by atoms with Crippen LogP contribution in [0.4, 0.5) is 0 Å². The Hall–Kier alpha value is 0.876. The molecule has 0 N–H and O–H groups in total. The zero-order valence-electron chi connectivity index (χ0n) is 3.99. The van der Waals surface area contributed by atoms with Crippen molar-refractivity contribution in [3.05, 3.63) is 12.7 Å². The van der Waals surface area contributed by atoms with Crippen LogP contribution in [0.3, 0.4) is 0 Å². The molecule has 1 nitrogen and oxygen atoms in total. The normalized spacial score (nSPS) is 4.00. The molecule has 0 amide bonds. The minimum Gasteiger partial charge on any atom is -1.00 e. The third-order valence-corrected chi connectivity index (χ3v) is 0.228. The van der Waals surface area contributed by atoms with Crippen LogP contribution in [0.25, 0.3) is 0 Å². The molecule has 0 atom stereocenters. The predicted octanol–water partition coefficient (Wildman–Crippen LogP) is -5.32. The van der Waals surface area contributed by atoms with Crippen molar-refractivity contribution in [1.29, 1.82) is 0 Å². The summed E-state index contributed by atoms with van der Waals surface area (Å²) in [5.74, 6) is 0. The summed E-state index contributed by atoms with van der Waals surface area (Å²) in [6.45, 7) is 3.29. The van der Waals surface area contributed by atoms with Crippen molar-refractivity contribution in [1.82, 2.24) is 0 Å². The van der Waals surface area contributed by atoms with Gasteiger partial charge in [0.25, 0.3) is 0 Å². The van der Waals surface area contributed by atoms with E-state index in [0.717, 1.165) is 0 Å². The first-order valence-corrected chi connectivity index (χ1v) is 1.37. The number of rotatable bonds is 2. The van der Waals surface area contributed by atoms with E-state index in [4.69, 9.17) is 0 Å². The van der Waals surface area contributed by atoms with E-state index in [0.29, 0.717) is 6.42 Å². The van der Waals surface area contributed by atoms with E-state index < -0.39 is 0 Å². The summed E-state index contributed by atoms with van der Waals surface area (Å²) >= 11 is 0. The Bertz CT molecular complexity index is 43.3. The van der Waals surface area contributed by atoms with Gasteiger partial charge in [0.2, 0.25) is 0 Å². The fourth-order valence-electron chi connectivity index (χ4n) is 0.0589. The first-order valence-electron chi connectivity index (χ1n) is 1.37. The summed E-state index contributed by atoms with van der Waals surface area (Å²) < 4.78 is 0. The van der Waals surface area contributed by atoms with Crippen LogP contribution < -0.4 is 34.0 Å². The molecule has 0 rings (SSSR count). The average molecular weight is 288 g/mol. The van der Waals surface area contributed by atoms with Gasteiger partial charge in [-0.15, -0.1) is 19.1 Å². The van der Waals surface area contributed by atoms with Crippen LogP contribution in [0.15, 0.2) is 12.7 Å². The Balaban J connectivity index is -0.0000000267. The quantitative estimate of drug-likeness (QED) is 0.366. The van der Waals surface area contributed by atoms with Crippen LogP contribution in [0.2, 0.25) is 0 Å². The molecule has 0 aromatic heterocycles. The molecule has 0 bridgehead atoms. The Labute approximate surface area is 80.7 Å². The molecule has 4 heteroatoms. The minimum absolute atomic E-state index is 0. The number of hydrogen-bond donors (Lipinski definition) is 0. The zero-order valence-corrected chi connectivity index (χ0v) is 8.20. The Morgan fingerprint density at radius 3 is 1.88 bits per heavy atom. The first kappa shape index (κ1) is 23.2. The number of allylic oxidation sites excluding steroid dienone is 1. The topological polar surface area (TPSA) is 17.1 Å². The average Bonchev–Trinajstić information content (AvgIpc) is 1.41. The zero-order chi connectivity index (χ0) is 4.12. The van der Waals surface area contributed by atoms with Crippen molar-refractivity contribution in [3.63, 3.8) is 0 Å². The van der Waals surface area contributed by atoms with Crippen molar-refractivity contribution >= 4 is 6.29 Å². The van der Waals surface area contributed by atoms with Crippen LogP contribution in [0, 0.1) is 0 Å². The second-order valence-corrected chi connectivity index (χ2v) is 0.637. The van der Waals surface area contributed by atoms with Crippen LogP contribution in [-0.4, -0.2) is 6.29 Å². The monoisotopic (exact) mass is 286 g/mol. The van der Waals surface area contributed by atoms with Crippen molar-refractivity contribution in [2.45, 2.75) is 6.42 Å². The maximum atomic E-state index is 9.21. The standard InChI is InChI=1S/C4H5O.2BrH.Co/c1-2-3-4-5;;;/h2H,1,3H2;2*1H;/q-1;;;+3/p-2. The SMILES string of the molecule is C=CC[C-]=O.[Br-].[Br-].[Co+3]. The van der Waals surface area contributed by atoms with Gasteiger partial charge in [0.05, 0.1) is 0 Å². The van der Waals surface area contributed by atoms with Crippen molar-refractivity contribution in [2.75, 3.05) is 0 Å². The number of halogens is 2. The number of hydrogen-bond acceptors (Lipinski definition) is 1. The maximum absolute atomic E-state index is 9.21. The molecule has 0 saturated carbocycles. The molecule has 0 radical (unpaired) electrons. The molecular formula is C4H5Br2CoO. The second kappa shape index (κ2) is 24.8. The van der Waals surface area contributed by atoms with E-state index >= 15 is 0 Å². The van der Waals surface area contributed by atoms with Crippen molar-refractivity contribution in [3.8, 4) is 0 Å². The summed E-state index contributed by atoms with van der Waals surface area (Å²) in [7, 11) is 0. The Kier molecular flexibility index (Phi) is 71.7. The molecule has 0 heterocycles. The van der Waals surface area contributed by atoms with Gasteiger partial charge >= 0.3 is 16.8 Å². The van der Waals surface area contributed by atoms with E-state index in [1.807, 2.05) is 0 Å². The van der Waals surface area contributed by atoms with Gasteiger partial charge in [-0.05, 0) is 0 Å². The molecule has 0 fully saturated rings. The molecule has 0 aliphatic heterocycles. The fraction of sp³-hybridized carbons (Fsp3) is 0.250. The molecular weight excluding hydrogens is 283 g/mol. The molecule has 0 unspecified atom stereocenters. The minimum atomic E-state index is 0. The van der Waals surface area contributed by atoms with Crippen molar-refractivity contribution in [2.24, 2.45) is 0 Å². The van der Waals surface area contributed by atoms with Gasteiger partial charge in [-0.25, -0.2) is 0 Å². The largest absolute Gasteiger partial charge is 3.00 e. The van der Waals surface area contributed by atoms with Crippen LogP contribution in [0.5, 0.6) is 0 Å². The molecule has 50 valence electrons.